The van der Waals surface area contributed by atoms with Crippen molar-refractivity contribution in [3.63, 3.8) is 0 Å². The van der Waals surface area contributed by atoms with Crippen molar-refractivity contribution in [2.75, 3.05) is 40.0 Å². The Labute approximate surface area is 198 Å². The number of carbonyl (C=O) groups is 1. The number of amides is 1. The minimum atomic E-state index is -0.0478. The Kier molecular flexibility index (Phi) is 6.57. The number of ether oxygens (including phenoxy) is 2. The van der Waals surface area contributed by atoms with Crippen LogP contribution < -0.4 is 14.8 Å². The molecule has 0 bridgehead atoms. The Morgan fingerprint density at radius 2 is 1.91 bits per heavy atom. The number of carbonyl (C=O) groups excluding carboxylic acids is 1. The predicted molar refractivity (Wildman–Crippen MR) is 128 cm³/mol. The molecule has 0 radical (unpaired) electrons. The maximum absolute atomic E-state index is 12.5. The fourth-order valence-electron chi connectivity index (χ4n) is 4.07. The van der Waals surface area contributed by atoms with E-state index in [2.05, 4.69) is 46.4 Å². The van der Waals surface area contributed by atoms with Crippen LogP contribution in [0.1, 0.15) is 16.8 Å². The number of nitrogens with zero attached hydrogens (tertiary/aromatic N) is 3. The summed E-state index contributed by atoms with van der Waals surface area (Å²) in [6.45, 7) is 6.09. The molecule has 8 heteroatoms. The van der Waals surface area contributed by atoms with Crippen LogP contribution in [-0.2, 0) is 24.3 Å². The zero-order valence-electron chi connectivity index (χ0n) is 18.8. The molecule has 0 spiro atoms. The summed E-state index contributed by atoms with van der Waals surface area (Å²) in [4.78, 5) is 22.0. The smallest absolute Gasteiger partial charge is 0.231 e. The summed E-state index contributed by atoms with van der Waals surface area (Å²) in [7, 11) is 2.18. The Morgan fingerprint density at radius 1 is 1.06 bits per heavy atom. The van der Waals surface area contributed by atoms with E-state index in [9.17, 15) is 4.79 Å². The molecule has 1 N–H and O–H groups in total. The molecule has 0 unspecified atom stereocenters. The molecule has 0 aliphatic carbocycles. The van der Waals surface area contributed by atoms with E-state index in [4.69, 9.17) is 14.5 Å². The van der Waals surface area contributed by atoms with Crippen LogP contribution in [0.25, 0.3) is 10.6 Å². The number of nitrogens with one attached hydrogen (secondary N) is 1. The molecule has 7 nitrogen and oxygen atoms in total. The third-order valence-electron chi connectivity index (χ3n) is 6.00. The van der Waals surface area contributed by atoms with Crippen molar-refractivity contribution < 1.29 is 14.3 Å². The highest BCUT2D eigenvalue weighted by molar-refractivity contribution is 7.13. The number of rotatable bonds is 7. The van der Waals surface area contributed by atoms with Crippen LogP contribution in [0, 0.1) is 0 Å². The van der Waals surface area contributed by atoms with E-state index >= 15 is 0 Å². The van der Waals surface area contributed by atoms with Gasteiger partial charge >= 0.3 is 0 Å². The Hall–Kier alpha value is -2.94. The Bertz CT molecular complexity index is 1120. The fourth-order valence-corrected chi connectivity index (χ4v) is 4.88. The summed E-state index contributed by atoms with van der Waals surface area (Å²) >= 11 is 1.59. The van der Waals surface area contributed by atoms with Crippen LogP contribution in [0.4, 0.5) is 0 Å². The molecule has 33 heavy (non-hydrogen) atoms. The average molecular weight is 465 g/mol. The number of fused-ring (bicyclic) bond motifs is 1. The zero-order chi connectivity index (χ0) is 22.6. The van der Waals surface area contributed by atoms with Gasteiger partial charge in [-0.15, -0.1) is 11.3 Å². The fraction of sp³-hybridized carbons (Fsp3) is 0.360. The molecule has 2 aliphatic rings. The first-order chi connectivity index (χ1) is 16.1. The summed E-state index contributed by atoms with van der Waals surface area (Å²) in [5.41, 5.74) is 4.18. The number of thiazole rings is 1. The van der Waals surface area contributed by atoms with Gasteiger partial charge in [-0.25, -0.2) is 4.98 Å². The molecular formula is C25H28N4O3S. The summed E-state index contributed by atoms with van der Waals surface area (Å²) < 4.78 is 10.7. The van der Waals surface area contributed by atoms with Gasteiger partial charge in [0, 0.05) is 50.2 Å². The van der Waals surface area contributed by atoms with E-state index in [1.165, 1.54) is 5.56 Å². The van der Waals surface area contributed by atoms with Crippen molar-refractivity contribution in [1.82, 2.24) is 20.1 Å². The second-order valence-electron chi connectivity index (χ2n) is 8.56. The van der Waals surface area contributed by atoms with Crippen molar-refractivity contribution in [2.24, 2.45) is 0 Å². The normalized spacial score (nSPS) is 16.2. The van der Waals surface area contributed by atoms with Gasteiger partial charge in [-0.3, -0.25) is 9.69 Å². The SMILES string of the molecule is CN1CCN(Cc2cccc(-c3nc(CC(=O)NCc4ccc5c(c4)OCO5)cs3)c2)CC1. The first-order valence-corrected chi connectivity index (χ1v) is 12.1. The molecule has 3 aromatic rings. The lowest BCUT2D eigenvalue weighted by Gasteiger charge is -2.32. The van der Waals surface area contributed by atoms with Crippen molar-refractivity contribution in [3.05, 3.63) is 64.7 Å². The van der Waals surface area contributed by atoms with Crippen LogP contribution in [0.3, 0.4) is 0 Å². The van der Waals surface area contributed by atoms with Gasteiger partial charge in [-0.2, -0.15) is 0 Å². The van der Waals surface area contributed by atoms with Gasteiger partial charge in [0.25, 0.3) is 0 Å². The number of piperazine rings is 1. The highest BCUT2D eigenvalue weighted by Crippen LogP contribution is 2.32. The maximum atomic E-state index is 12.5. The molecule has 1 aromatic heterocycles. The number of hydrogen-bond donors (Lipinski definition) is 1. The van der Waals surface area contributed by atoms with E-state index in [1.54, 1.807) is 11.3 Å². The van der Waals surface area contributed by atoms with Crippen molar-refractivity contribution in [3.8, 4) is 22.1 Å². The van der Waals surface area contributed by atoms with Crippen molar-refractivity contribution in [2.45, 2.75) is 19.5 Å². The third-order valence-corrected chi connectivity index (χ3v) is 6.94. The molecule has 172 valence electrons. The first kappa shape index (κ1) is 21.9. The molecular weight excluding hydrogens is 436 g/mol. The number of likely N-dealkylation sites (N-methyl/N-ethyl adjacent to an activating group) is 1. The van der Waals surface area contributed by atoms with Crippen molar-refractivity contribution >= 4 is 17.2 Å². The van der Waals surface area contributed by atoms with Gasteiger partial charge in [-0.05, 0) is 36.4 Å². The predicted octanol–water partition coefficient (Wildman–Crippen LogP) is 3.15. The van der Waals surface area contributed by atoms with Crippen molar-refractivity contribution in [1.29, 1.82) is 0 Å². The molecule has 0 atom stereocenters. The van der Waals surface area contributed by atoms with Crippen LogP contribution in [-0.4, -0.2) is 60.7 Å². The molecule has 2 aromatic carbocycles. The van der Waals surface area contributed by atoms with Crippen LogP contribution in [0.2, 0.25) is 0 Å². The standard InChI is InChI=1S/C25H28N4O3S/c1-28-7-9-29(10-8-28)15-19-3-2-4-20(11-19)25-27-21(16-33-25)13-24(30)26-14-18-5-6-22-23(12-18)32-17-31-22/h2-6,11-12,16H,7-10,13-15,17H2,1H3,(H,26,30). The molecule has 3 heterocycles. The van der Waals surface area contributed by atoms with Gasteiger partial charge in [0.15, 0.2) is 11.5 Å². The van der Waals surface area contributed by atoms with Crippen LogP contribution in [0.15, 0.2) is 47.8 Å². The lowest BCUT2D eigenvalue weighted by Crippen LogP contribution is -2.43. The zero-order valence-corrected chi connectivity index (χ0v) is 19.6. The van der Waals surface area contributed by atoms with Gasteiger partial charge in [-0.1, -0.05) is 24.3 Å². The van der Waals surface area contributed by atoms with E-state index in [1.807, 2.05) is 23.6 Å². The number of aromatic nitrogens is 1. The highest BCUT2D eigenvalue weighted by atomic mass is 32.1. The lowest BCUT2D eigenvalue weighted by atomic mass is 10.1. The quantitative estimate of drug-likeness (QED) is 0.580. The van der Waals surface area contributed by atoms with Crippen LogP contribution >= 0.6 is 11.3 Å². The number of hydrogen-bond acceptors (Lipinski definition) is 7. The monoisotopic (exact) mass is 464 g/mol. The summed E-state index contributed by atoms with van der Waals surface area (Å²) in [6.07, 6.45) is 0.266. The number of benzene rings is 2. The highest BCUT2D eigenvalue weighted by Gasteiger charge is 2.16. The summed E-state index contributed by atoms with van der Waals surface area (Å²) in [5, 5.41) is 5.89. The molecule has 5 rings (SSSR count). The second-order valence-corrected chi connectivity index (χ2v) is 9.42. The Morgan fingerprint density at radius 3 is 2.79 bits per heavy atom. The topological polar surface area (TPSA) is 66.9 Å². The largest absolute Gasteiger partial charge is 0.454 e. The molecule has 1 saturated heterocycles. The van der Waals surface area contributed by atoms with E-state index in [0.29, 0.717) is 6.54 Å². The molecule has 0 saturated carbocycles. The van der Waals surface area contributed by atoms with Gasteiger partial charge < -0.3 is 19.7 Å². The van der Waals surface area contributed by atoms with E-state index in [0.717, 1.165) is 66.1 Å². The van der Waals surface area contributed by atoms with Gasteiger partial charge in [0.05, 0.1) is 12.1 Å². The lowest BCUT2D eigenvalue weighted by molar-refractivity contribution is -0.120. The van der Waals surface area contributed by atoms with E-state index < -0.39 is 0 Å². The first-order valence-electron chi connectivity index (χ1n) is 11.2. The molecule has 2 aliphatic heterocycles. The third kappa shape index (κ3) is 5.52. The van der Waals surface area contributed by atoms with Gasteiger partial charge in [0.2, 0.25) is 12.7 Å². The maximum Gasteiger partial charge on any atom is 0.231 e. The minimum Gasteiger partial charge on any atom is -0.454 e. The summed E-state index contributed by atoms with van der Waals surface area (Å²) in [5.74, 6) is 1.42. The second kappa shape index (κ2) is 9.91. The van der Waals surface area contributed by atoms with Gasteiger partial charge in [0.1, 0.15) is 5.01 Å². The molecule has 1 amide bonds. The Balaban J connectivity index is 1.16. The minimum absolute atomic E-state index is 0.0478. The average Bonchev–Trinajstić information content (AvgIpc) is 3.49. The van der Waals surface area contributed by atoms with E-state index in [-0.39, 0.29) is 19.1 Å². The molecule has 1 fully saturated rings. The summed E-state index contributed by atoms with van der Waals surface area (Å²) in [6, 6.07) is 14.3. The van der Waals surface area contributed by atoms with Crippen LogP contribution in [0.5, 0.6) is 11.5 Å².